The molecule has 1 N–H and O–H groups in total. The van der Waals surface area contributed by atoms with Gasteiger partial charge in [-0.3, -0.25) is 9.59 Å². The molecule has 3 aromatic rings. The molecule has 0 saturated carbocycles. The normalized spacial score (nSPS) is 19.4. The van der Waals surface area contributed by atoms with Gasteiger partial charge in [0.15, 0.2) is 6.10 Å². The zero-order valence-corrected chi connectivity index (χ0v) is 23.9. The highest BCUT2D eigenvalue weighted by Gasteiger charge is 2.40. The molecular weight excluding hydrogens is 526 g/mol. The van der Waals surface area contributed by atoms with Crippen LogP contribution in [0.1, 0.15) is 35.1 Å². The van der Waals surface area contributed by atoms with Crippen LogP contribution >= 0.6 is 0 Å². The van der Waals surface area contributed by atoms with Gasteiger partial charge in [-0.15, -0.1) is 0 Å². The monoisotopic (exact) mass is 561 g/mol. The van der Waals surface area contributed by atoms with Crippen LogP contribution in [0, 0.1) is 26.7 Å². The number of sulfonamides is 1. The second-order valence-corrected chi connectivity index (χ2v) is 12.5. The number of carbonyl (C=O) groups excluding carboxylic acids is 2. The smallest absolute Gasteiger partial charge is 0.263 e. The van der Waals surface area contributed by atoms with E-state index in [0.717, 1.165) is 11.1 Å². The molecular formula is C31H35N3O5S. The highest BCUT2D eigenvalue weighted by atomic mass is 32.2. The Kier molecular flexibility index (Phi) is 7.96. The Morgan fingerprint density at radius 1 is 0.950 bits per heavy atom. The molecule has 2 aliphatic rings. The Morgan fingerprint density at radius 3 is 2.35 bits per heavy atom. The van der Waals surface area contributed by atoms with Gasteiger partial charge >= 0.3 is 0 Å². The van der Waals surface area contributed by atoms with E-state index in [0.29, 0.717) is 53.4 Å². The Hall–Kier alpha value is -3.69. The number of hydrogen-bond acceptors (Lipinski definition) is 5. The number of benzene rings is 3. The zero-order chi connectivity index (χ0) is 28.4. The first-order valence-corrected chi connectivity index (χ1v) is 15.1. The van der Waals surface area contributed by atoms with Crippen LogP contribution in [0.4, 0.5) is 5.69 Å². The lowest BCUT2D eigenvalue weighted by molar-refractivity contribution is -0.129. The molecule has 2 aliphatic heterocycles. The molecule has 5 rings (SSSR count). The van der Waals surface area contributed by atoms with E-state index < -0.39 is 22.0 Å². The van der Waals surface area contributed by atoms with Crippen LogP contribution < -0.4 is 15.0 Å². The van der Waals surface area contributed by atoms with E-state index in [2.05, 4.69) is 5.32 Å². The maximum absolute atomic E-state index is 14.0. The number of rotatable bonds is 6. The number of para-hydroxylation sites is 2. The highest BCUT2D eigenvalue weighted by molar-refractivity contribution is 7.89. The van der Waals surface area contributed by atoms with Crippen LogP contribution in [0.5, 0.6) is 5.75 Å². The standard InChI is InChI=1S/C31H35N3O5S/c1-21-16-22(2)29(23(3)17-21)40(37,38)33-15-9-12-25(19-33)31(36)34-20-28(39-27-14-8-7-13-26(27)34)30(35)32-18-24-10-5-4-6-11-24/h4-8,10-11,13-14,16-17,25,28H,9,12,15,18-20H2,1-3H3,(H,32,35)/t25-,28-/m1/s1. The number of nitrogens with one attached hydrogen (secondary N) is 1. The van der Waals surface area contributed by atoms with Crippen molar-refractivity contribution >= 4 is 27.5 Å². The average Bonchev–Trinajstić information content (AvgIpc) is 2.95. The van der Waals surface area contributed by atoms with Crippen molar-refractivity contribution in [1.29, 1.82) is 0 Å². The first kappa shape index (κ1) is 27.9. The number of nitrogens with zero attached hydrogens (tertiary/aromatic N) is 2. The molecule has 0 aromatic heterocycles. The molecule has 0 bridgehead atoms. The first-order valence-electron chi connectivity index (χ1n) is 13.6. The summed E-state index contributed by atoms with van der Waals surface area (Å²) in [6.45, 7) is 6.43. The molecule has 2 heterocycles. The minimum absolute atomic E-state index is 0.0515. The second kappa shape index (κ2) is 11.4. The summed E-state index contributed by atoms with van der Waals surface area (Å²) in [6.07, 6.45) is 0.261. The molecule has 3 aromatic carbocycles. The number of anilines is 1. The number of aryl methyl sites for hydroxylation is 3. The van der Waals surface area contributed by atoms with Gasteiger partial charge in [0.1, 0.15) is 5.75 Å². The molecule has 0 aliphatic carbocycles. The van der Waals surface area contributed by atoms with Crippen LogP contribution in [0.15, 0.2) is 71.6 Å². The SMILES string of the molecule is Cc1cc(C)c(S(=O)(=O)N2CCC[C@@H](C(=O)N3C[C@H](C(=O)NCc4ccccc4)Oc4ccccc43)C2)c(C)c1. The van der Waals surface area contributed by atoms with Gasteiger partial charge in [-0.2, -0.15) is 4.31 Å². The van der Waals surface area contributed by atoms with E-state index in [9.17, 15) is 18.0 Å². The van der Waals surface area contributed by atoms with Crippen molar-refractivity contribution in [2.75, 3.05) is 24.5 Å². The van der Waals surface area contributed by atoms with E-state index in [4.69, 9.17) is 4.74 Å². The molecule has 9 heteroatoms. The number of hydrogen-bond donors (Lipinski definition) is 1. The van der Waals surface area contributed by atoms with Gasteiger partial charge in [0.05, 0.1) is 23.0 Å². The number of ether oxygens (including phenoxy) is 1. The Balaban J connectivity index is 1.35. The van der Waals surface area contributed by atoms with Crippen molar-refractivity contribution in [3.05, 3.63) is 89.0 Å². The molecule has 2 atom stereocenters. The predicted octanol–water partition coefficient (Wildman–Crippen LogP) is 4.12. The molecule has 0 radical (unpaired) electrons. The van der Waals surface area contributed by atoms with E-state index in [1.165, 1.54) is 4.31 Å². The van der Waals surface area contributed by atoms with Gasteiger partial charge in [-0.25, -0.2) is 8.42 Å². The highest BCUT2D eigenvalue weighted by Crippen LogP contribution is 2.36. The lowest BCUT2D eigenvalue weighted by atomic mass is 9.97. The van der Waals surface area contributed by atoms with Crippen LogP contribution in [0.2, 0.25) is 0 Å². The summed E-state index contributed by atoms with van der Waals surface area (Å²) in [6, 6.07) is 20.5. The molecule has 1 fully saturated rings. The first-order chi connectivity index (χ1) is 19.1. The van der Waals surface area contributed by atoms with Gasteiger partial charge in [0.2, 0.25) is 15.9 Å². The molecule has 210 valence electrons. The van der Waals surface area contributed by atoms with E-state index in [1.54, 1.807) is 23.1 Å². The summed E-state index contributed by atoms with van der Waals surface area (Å²) in [5.74, 6) is -0.592. The second-order valence-electron chi connectivity index (χ2n) is 10.7. The van der Waals surface area contributed by atoms with Crippen molar-refractivity contribution in [2.45, 2.75) is 51.2 Å². The maximum Gasteiger partial charge on any atom is 0.263 e. The third kappa shape index (κ3) is 5.62. The summed E-state index contributed by atoms with van der Waals surface area (Å²) in [5.41, 5.74) is 3.97. The summed E-state index contributed by atoms with van der Waals surface area (Å²) in [4.78, 5) is 29.0. The Morgan fingerprint density at radius 2 is 1.62 bits per heavy atom. The van der Waals surface area contributed by atoms with E-state index in [1.807, 2.05) is 69.3 Å². The summed E-state index contributed by atoms with van der Waals surface area (Å²) < 4.78 is 34.9. The van der Waals surface area contributed by atoms with Crippen molar-refractivity contribution < 1.29 is 22.7 Å². The summed E-state index contributed by atoms with van der Waals surface area (Å²) in [7, 11) is -3.78. The Labute approximate surface area is 236 Å². The van der Waals surface area contributed by atoms with Gasteiger partial charge in [-0.05, 0) is 62.4 Å². The average molecular weight is 562 g/mol. The van der Waals surface area contributed by atoms with Gasteiger partial charge in [0.25, 0.3) is 5.91 Å². The fourth-order valence-corrected chi connectivity index (χ4v) is 7.70. The number of piperidine rings is 1. The molecule has 40 heavy (non-hydrogen) atoms. The third-order valence-corrected chi connectivity index (χ3v) is 9.75. The fourth-order valence-electron chi connectivity index (χ4n) is 5.76. The minimum Gasteiger partial charge on any atom is -0.477 e. The van der Waals surface area contributed by atoms with Gasteiger partial charge in [-0.1, -0.05) is 60.2 Å². The van der Waals surface area contributed by atoms with Crippen LogP contribution in [-0.2, 0) is 26.2 Å². The van der Waals surface area contributed by atoms with Crippen LogP contribution in [0.3, 0.4) is 0 Å². The largest absolute Gasteiger partial charge is 0.477 e. The fraction of sp³-hybridized carbons (Fsp3) is 0.355. The zero-order valence-electron chi connectivity index (χ0n) is 23.1. The Bertz CT molecular complexity index is 1500. The topological polar surface area (TPSA) is 96.0 Å². The van der Waals surface area contributed by atoms with Gasteiger partial charge in [0, 0.05) is 19.6 Å². The quantitative estimate of drug-likeness (QED) is 0.489. The van der Waals surface area contributed by atoms with Crippen molar-refractivity contribution in [1.82, 2.24) is 9.62 Å². The predicted molar refractivity (Wildman–Crippen MR) is 154 cm³/mol. The van der Waals surface area contributed by atoms with Crippen LogP contribution in [-0.4, -0.2) is 50.3 Å². The van der Waals surface area contributed by atoms with Gasteiger partial charge < -0.3 is 15.0 Å². The number of carbonyl (C=O) groups is 2. The maximum atomic E-state index is 14.0. The van der Waals surface area contributed by atoms with E-state index in [-0.39, 0.29) is 24.9 Å². The van der Waals surface area contributed by atoms with Crippen molar-refractivity contribution in [2.24, 2.45) is 5.92 Å². The lowest BCUT2D eigenvalue weighted by Gasteiger charge is -2.38. The summed E-state index contributed by atoms with van der Waals surface area (Å²) in [5, 5.41) is 2.91. The molecule has 8 nitrogen and oxygen atoms in total. The third-order valence-electron chi connectivity index (χ3n) is 7.58. The van der Waals surface area contributed by atoms with E-state index >= 15 is 0 Å². The number of fused-ring (bicyclic) bond motifs is 1. The lowest BCUT2D eigenvalue weighted by Crippen LogP contribution is -2.54. The van der Waals surface area contributed by atoms with Crippen molar-refractivity contribution in [3.8, 4) is 5.75 Å². The van der Waals surface area contributed by atoms with Crippen LogP contribution in [0.25, 0.3) is 0 Å². The summed E-state index contributed by atoms with van der Waals surface area (Å²) >= 11 is 0. The molecule has 0 spiro atoms. The minimum atomic E-state index is -3.78. The van der Waals surface area contributed by atoms with Crippen molar-refractivity contribution in [3.63, 3.8) is 0 Å². The molecule has 1 saturated heterocycles. The molecule has 2 amide bonds. The molecule has 0 unspecified atom stereocenters. The number of amides is 2.